The summed E-state index contributed by atoms with van der Waals surface area (Å²) in [5.74, 6) is -56.6. The normalized spacial score (nSPS) is 15.6. The molecule has 0 heterocycles. The third-order valence-electron chi connectivity index (χ3n) is 4.18. The van der Waals surface area contributed by atoms with Crippen LogP contribution in [-0.2, 0) is 9.53 Å². The van der Waals surface area contributed by atoms with Crippen LogP contribution in [0.25, 0.3) is 0 Å². The van der Waals surface area contributed by atoms with Crippen molar-refractivity contribution in [1.29, 1.82) is 0 Å². The van der Waals surface area contributed by atoms with Gasteiger partial charge in [0.25, 0.3) is 0 Å². The average molecular weight is 600 g/mol. The number of carbonyl (C=O) groups excluding carboxylic acids is 1. The molecule has 0 aliphatic heterocycles. The van der Waals surface area contributed by atoms with Crippen LogP contribution in [-0.4, -0.2) is 66.4 Å². The maximum absolute atomic E-state index is 13.8. The minimum absolute atomic E-state index is 1.55. The summed E-state index contributed by atoms with van der Waals surface area (Å²) in [7, 11) is 0. The summed E-state index contributed by atoms with van der Waals surface area (Å²) in [6.45, 7) is -1.75. The molecular weight excluding hydrogens is 592 g/mol. The molecule has 0 aliphatic rings. The first-order valence-corrected chi connectivity index (χ1v) is 8.39. The van der Waals surface area contributed by atoms with Crippen molar-refractivity contribution in [3.63, 3.8) is 0 Å². The molecule has 0 N–H and O–H groups in total. The second-order valence-electron chi connectivity index (χ2n) is 6.95. The minimum Gasteiger partial charge on any atom is -0.455 e. The van der Waals surface area contributed by atoms with Gasteiger partial charge in [-0.1, -0.05) is 6.58 Å². The minimum atomic E-state index is -8.40. The van der Waals surface area contributed by atoms with Crippen LogP contribution in [0.1, 0.15) is 12.8 Å². The van der Waals surface area contributed by atoms with Gasteiger partial charge in [-0.25, -0.2) is 4.79 Å². The topological polar surface area (TPSA) is 26.3 Å². The van der Waals surface area contributed by atoms with Gasteiger partial charge >= 0.3 is 59.8 Å². The lowest BCUT2D eigenvalue weighted by Gasteiger charge is -2.41. The van der Waals surface area contributed by atoms with Crippen molar-refractivity contribution >= 4 is 5.97 Å². The number of rotatable bonds is 11. The van der Waals surface area contributed by atoms with Crippen molar-refractivity contribution in [2.24, 2.45) is 0 Å². The Bertz CT molecular complexity index is 849. The van der Waals surface area contributed by atoms with E-state index in [9.17, 15) is 92.6 Å². The number of esters is 1. The van der Waals surface area contributed by atoms with Crippen LogP contribution in [0, 0.1) is 0 Å². The third-order valence-corrected chi connectivity index (χ3v) is 4.18. The highest BCUT2D eigenvalue weighted by molar-refractivity contribution is 5.90. The summed E-state index contributed by atoms with van der Waals surface area (Å²) < 4.78 is 262. The SMILES string of the molecule is C=C(C(=O)OCC(F)(F)C(F)(F)F)C(F)(F)C(F)(F)C(F)(F)C(F)(F)C(F)(F)C(F)(F)CCC(F)(F)F. The summed E-state index contributed by atoms with van der Waals surface area (Å²) in [5, 5.41) is 0. The van der Waals surface area contributed by atoms with Crippen LogP contribution < -0.4 is 0 Å². The van der Waals surface area contributed by atoms with Gasteiger partial charge in [-0.05, 0) is 0 Å². The highest BCUT2D eigenvalue weighted by atomic mass is 19.4. The standard InChI is InChI=1S/C15H8F20O2/c1-5(6(36)37-4-8(18,19)15(33,34)35)10(23,24)12(27,28)14(31,32)13(29,30)11(25,26)7(16,17)2-3-9(20,21)22/h1-4H2. The molecule has 0 spiro atoms. The zero-order valence-corrected chi connectivity index (χ0v) is 16.7. The number of hydrogen-bond donors (Lipinski definition) is 0. The maximum atomic E-state index is 13.8. The lowest BCUT2D eigenvalue weighted by Crippen LogP contribution is -2.71. The van der Waals surface area contributed by atoms with Crippen molar-refractivity contribution in [3.8, 4) is 0 Å². The first kappa shape index (κ1) is 34.8. The van der Waals surface area contributed by atoms with Crippen LogP contribution in [0.5, 0.6) is 0 Å². The molecule has 0 radical (unpaired) electrons. The van der Waals surface area contributed by atoms with E-state index in [1.165, 1.54) is 0 Å². The largest absolute Gasteiger partial charge is 0.456 e. The number of hydrogen-bond acceptors (Lipinski definition) is 2. The van der Waals surface area contributed by atoms with Gasteiger partial charge in [0, 0.05) is 12.8 Å². The molecule has 22 heteroatoms. The van der Waals surface area contributed by atoms with Crippen LogP contribution in [0.2, 0.25) is 0 Å². The smallest absolute Gasteiger partial charge is 0.455 e. The summed E-state index contributed by atoms with van der Waals surface area (Å²) in [6, 6.07) is 0. The van der Waals surface area contributed by atoms with Crippen molar-refractivity contribution in [2.75, 3.05) is 6.61 Å². The molecule has 0 aromatic heterocycles. The molecule has 0 unspecified atom stereocenters. The van der Waals surface area contributed by atoms with Crippen LogP contribution in [0.3, 0.4) is 0 Å². The Hall–Kier alpha value is -2.19. The summed E-state index contributed by atoms with van der Waals surface area (Å²) in [5.41, 5.74) is -3.61. The fourth-order valence-electron chi connectivity index (χ4n) is 1.92. The van der Waals surface area contributed by atoms with Crippen LogP contribution >= 0.6 is 0 Å². The van der Waals surface area contributed by atoms with Crippen molar-refractivity contribution < 1.29 is 97.3 Å². The van der Waals surface area contributed by atoms with E-state index < -0.39 is 84.8 Å². The first-order chi connectivity index (χ1) is 15.7. The maximum Gasteiger partial charge on any atom is 0.456 e. The van der Waals surface area contributed by atoms with Crippen molar-refractivity contribution in [3.05, 3.63) is 12.2 Å². The van der Waals surface area contributed by atoms with Crippen LogP contribution in [0.15, 0.2) is 12.2 Å². The Morgan fingerprint density at radius 3 is 1.27 bits per heavy atom. The Kier molecular flexibility index (Phi) is 8.96. The molecule has 37 heavy (non-hydrogen) atoms. The Labute approximate surface area is 190 Å². The van der Waals surface area contributed by atoms with Gasteiger partial charge in [0.15, 0.2) is 6.61 Å². The second-order valence-corrected chi connectivity index (χ2v) is 6.95. The molecule has 0 aromatic carbocycles. The average Bonchev–Trinajstić information content (AvgIpc) is 2.67. The molecule has 0 rings (SSSR count). The number of alkyl halides is 20. The van der Waals surface area contributed by atoms with Gasteiger partial charge in [0.1, 0.15) is 5.57 Å². The second kappa shape index (κ2) is 9.53. The van der Waals surface area contributed by atoms with Gasteiger partial charge < -0.3 is 4.74 Å². The highest BCUT2D eigenvalue weighted by Gasteiger charge is 2.90. The molecule has 0 saturated heterocycles. The van der Waals surface area contributed by atoms with Gasteiger partial charge in [-0.15, -0.1) is 0 Å². The van der Waals surface area contributed by atoms with E-state index in [4.69, 9.17) is 0 Å². The number of halogens is 20. The summed E-state index contributed by atoms with van der Waals surface area (Å²) in [4.78, 5) is 11.1. The van der Waals surface area contributed by atoms with E-state index >= 15 is 0 Å². The van der Waals surface area contributed by atoms with Gasteiger partial charge in [0.05, 0.1) is 0 Å². The molecule has 0 fully saturated rings. The Balaban J connectivity index is 6.27. The highest BCUT2D eigenvalue weighted by Crippen LogP contribution is 2.61. The third kappa shape index (κ3) is 6.11. The van der Waals surface area contributed by atoms with Crippen molar-refractivity contribution in [1.82, 2.24) is 0 Å². The predicted octanol–water partition coefficient (Wildman–Crippen LogP) is 7.44. The van der Waals surface area contributed by atoms with E-state index in [0.29, 0.717) is 0 Å². The monoisotopic (exact) mass is 600 g/mol. The van der Waals surface area contributed by atoms with Crippen molar-refractivity contribution in [2.45, 2.75) is 66.7 Å². The van der Waals surface area contributed by atoms with E-state index in [1.54, 1.807) is 6.58 Å². The molecule has 0 aliphatic carbocycles. The summed E-state index contributed by atoms with van der Waals surface area (Å²) in [6.07, 6.45) is -18.9. The zero-order valence-electron chi connectivity index (χ0n) is 16.7. The number of ether oxygens (including phenoxy) is 1. The van der Waals surface area contributed by atoms with Gasteiger partial charge in [-0.3, -0.25) is 0 Å². The predicted molar refractivity (Wildman–Crippen MR) is 76.1 cm³/mol. The first-order valence-electron chi connectivity index (χ1n) is 8.39. The van der Waals surface area contributed by atoms with Gasteiger partial charge in [0.2, 0.25) is 0 Å². The van der Waals surface area contributed by atoms with E-state index in [2.05, 4.69) is 4.74 Å². The molecule has 0 aromatic rings. The molecular formula is C15H8F20O2. The molecule has 2 nitrogen and oxygen atoms in total. The lowest BCUT2D eigenvalue weighted by molar-refractivity contribution is -0.422. The van der Waals surface area contributed by atoms with Gasteiger partial charge in [-0.2, -0.15) is 87.8 Å². The summed E-state index contributed by atoms with van der Waals surface area (Å²) >= 11 is 0. The van der Waals surface area contributed by atoms with E-state index in [0.717, 1.165) is 0 Å². The van der Waals surface area contributed by atoms with Crippen LogP contribution in [0.4, 0.5) is 87.8 Å². The fourth-order valence-corrected chi connectivity index (χ4v) is 1.92. The lowest BCUT2D eigenvalue weighted by atomic mass is 9.88. The number of carbonyl (C=O) groups is 1. The Morgan fingerprint density at radius 2 is 0.919 bits per heavy atom. The van der Waals surface area contributed by atoms with E-state index in [-0.39, 0.29) is 0 Å². The molecule has 0 amide bonds. The molecule has 220 valence electrons. The molecule has 0 atom stereocenters. The Morgan fingerprint density at radius 1 is 0.541 bits per heavy atom. The van der Waals surface area contributed by atoms with E-state index in [1.807, 2.05) is 0 Å². The quantitative estimate of drug-likeness (QED) is 0.140. The fraction of sp³-hybridized carbons (Fsp3) is 0.800. The zero-order chi connectivity index (χ0) is 30.5. The molecule has 0 saturated carbocycles. The molecule has 0 bridgehead atoms.